The summed E-state index contributed by atoms with van der Waals surface area (Å²) in [6.07, 6.45) is 0. The second-order valence-electron chi connectivity index (χ2n) is 1.36. The van der Waals surface area contributed by atoms with Crippen LogP contribution in [0.1, 0.15) is 0 Å². The molecule has 0 saturated heterocycles. The zero-order valence-corrected chi connectivity index (χ0v) is 5.38. The number of nitrogens with two attached hydrogens (primary N) is 2. The van der Waals surface area contributed by atoms with Gasteiger partial charge in [0.25, 0.3) is 0 Å². The molecule has 11 heavy (non-hydrogen) atoms. The van der Waals surface area contributed by atoms with Crippen LogP contribution in [0.2, 0.25) is 0 Å². The topological polar surface area (TPSA) is 151 Å². The molecular formula is C3H7N5O3. The molecule has 0 aromatic carbocycles. The van der Waals surface area contributed by atoms with E-state index >= 15 is 0 Å². The van der Waals surface area contributed by atoms with E-state index in [1.807, 2.05) is 0 Å². The van der Waals surface area contributed by atoms with Crippen molar-refractivity contribution in [2.75, 3.05) is 0 Å². The highest BCUT2D eigenvalue weighted by molar-refractivity contribution is 4.60. The van der Waals surface area contributed by atoms with E-state index < -0.39 is 17.1 Å². The van der Waals surface area contributed by atoms with Crippen LogP contribution in [0.15, 0.2) is 14.4 Å². The number of aromatic nitrogens is 3. The number of rotatable bonds is 0. The molecule has 62 valence electrons. The molecule has 0 saturated carbocycles. The summed E-state index contributed by atoms with van der Waals surface area (Å²) in [5, 5.41) is 0. The van der Waals surface area contributed by atoms with Crippen LogP contribution in [0.3, 0.4) is 0 Å². The molecule has 0 unspecified atom stereocenters. The van der Waals surface area contributed by atoms with Gasteiger partial charge < -0.3 is 0 Å². The monoisotopic (exact) mass is 161 g/mol. The summed E-state index contributed by atoms with van der Waals surface area (Å²) in [7, 11) is 0. The average Bonchev–Trinajstić information content (AvgIpc) is 1.88. The Morgan fingerprint density at radius 2 is 0.909 bits per heavy atom. The maximum absolute atomic E-state index is 10.2. The molecule has 1 rings (SSSR count). The van der Waals surface area contributed by atoms with E-state index in [1.165, 1.54) is 0 Å². The van der Waals surface area contributed by atoms with Crippen LogP contribution >= 0.6 is 0 Å². The molecule has 0 atom stereocenters. The maximum Gasteiger partial charge on any atom is 0.330 e. The number of nitrogens with one attached hydrogen (secondary N) is 3. The minimum absolute atomic E-state index is 0.802. The van der Waals surface area contributed by atoms with Crippen molar-refractivity contribution in [3.8, 4) is 0 Å². The first-order valence-corrected chi connectivity index (χ1v) is 2.45. The molecule has 0 spiro atoms. The first kappa shape index (κ1) is 9.33. The molecule has 0 aliphatic carbocycles. The van der Waals surface area contributed by atoms with Gasteiger partial charge >= 0.3 is 17.1 Å². The first-order chi connectivity index (χ1) is 5.18. The van der Waals surface area contributed by atoms with Crippen LogP contribution in [0.5, 0.6) is 0 Å². The Kier molecular flexibility index (Phi) is 3.56. The average molecular weight is 161 g/mol. The van der Waals surface area contributed by atoms with E-state index in [4.69, 9.17) is 0 Å². The Morgan fingerprint density at radius 1 is 0.727 bits per heavy atom. The van der Waals surface area contributed by atoms with Crippen molar-refractivity contribution >= 4 is 0 Å². The SMILES string of the molecule is NN.O=c1[nH]c(=O)[nH]c(=O)[nH]1. The highest BCUT2D eigenvalue weighted by atomic mass is 16.2. The Labute approximate surface area is 59.2 Å². The van der Waals surface area contributed by atoms with Crippen LogP contribution in [-0.2, 0) is 0 Å². The highest BCUT2D eigenvalue weighted by Crippen LogP contribution is 1.29. The van der Waals surface area contributed by atoms with Crippen molar-refractivity contribution < 1.29 is 0 Å². The van der Waals surface area contributed by atoms with Crippen molar-refractivity contribution in [3.05, 3.63) is 31.5 Å². The lowest BCUT2D eigenvalue weighted by atomic mass is 11.0. The first-order valence-electron chi connectivity index (χ1n) is 2.45. The third-order valence-electron chi connectivity index (χ3n) is 0.681. The summed E-state index contributed by atoms with van der Waals surface area (Å²) in [5.41, 5.74) is -2.41. The number of aromatic amines is 3. The van der Waals surface area contributed by atoms with Gasteiger partial charge in [-0.15, -0.1) is 0 Å². The molecular weight excluding hydrogens is 154 g/mol. The van der Waals surface area contributed by atoms with Gasteiger partial charge in [0.05, 0.1) is 0 Å². The summed E-state index contributed by atoms with van der Waals surface area (Å²) in [4.78, 5) is 35.9. The van der Waals surface area contributed by atoms with Crippen molar-refractivity contribution in [2.45, 2.75) is 0 Å². The number of hydrogen-bond donors (Lipinski definition) is 5. The Bertz CT molecular complexity index is 279. The van der Waals surface area contributed by atoms with Crippen LogP contribution in [0.25, 0.3) is 0 Å². The van der Waals surface area contributed by atoms with Gasteiger partial charge in [-0.3, -0.25) is 26.6 Å². The summed E-state index contributed by atoms with van der Waals surface area (Å²) in [5.74, 6) is 8.00. The molecule has 0 radical (unpaired) electrons. The van der Waals surface area contributed by atoms with Gasteiger partial charge in [0.15, 0.2) is 0 Å². The van der Waals surface area contributed by atoms with Gasteiger partial charge in [-0.1, -0.05) is 0 Å². The van der Waals surface area contributed by atoms with Crippen LogP contribution in [0.4, 0.5) is 0 Å². The molecule has 8 heteroatoms. The third-order valence-corrected chi connectivity index (χ3v) is 0.681. The second kappa shape index (κ2) is 4.19. The van der Waals surface area contributed by atoms with E-state index in [2.05, 4.69) is 11.7 Å². The summed E-state index contributed by atoms with van der Waals surface area (Å²) in [6.45, 7) is 0. The smallest absolute Gasteiger partial charge is 0.274 e. The molecule has 1 heterocycles. The lowest BCUT2D eigenvalue weighted by molar-refractivity contribution is 0.888. The minimum atomic E-state index is -0.802. The summed E-state index contributed by atoms with van der Waals surface area (Å²) < 4.78 is 0. The van der Waals surface area contributed by atoms with Gasteiger partial charge in [-0.05, 0) is 0 Å². The fourth-order valence-electron chi connectivity index (χ4n) is 0.403. The minimum Gasteiger partial charge on any atom is -0.274 e. The van der Waals surface area contributed by atoms with E-state index in [-0.39, 0.29) is 0 Å². The van der Waals surface area contributed by atoms with Crippen molar-refractivity contribution in [1.29, 1.82) is 0 Å². The summed E-state index contributed by atoms with van der Waals surface area (Å²) in [6, 6.07) is 0. The normalized spacial score (nSPS) is 8.18. The Balaban J connectivity index is 0.000000461. The largest absolute Gasteiger partial charge is 0.330 e. The zero-order chi connectivity index (χ0) is 8.85. The quantitative estimate of drug-likeness (QED) is 0.198. The number of hydrogen-bond acceptors (Lipinski definition) is 5. The van der Waals surface area contributed by atoms with Crippen LogP contribution in [-0.4, -0.2) is 15.0 Å². The fourth-order valence-corrected chi connectivity index (χ4v) is 0.403. The van der Waals surface area contributed by atoms with Crippen LogP contribution in [0, 0.1) is 0 Å². The van der Waals surface area contributed by atoms with Gasteiger partial charge in [-0.2, -0.15) is 0 Å². The van der Waals surface area contributed by atoms with Gasteiger partial charge in [0.2, 0.25) is 0 Å². The van der Waals surface area contributed by atoms with Crippen molar-refractivity contribution in [2.24, 2.45) is 11.7 Å². The maximum atomic E-state index is 10.2. The predicted molar refractivity (Wildman–Crippen MR) is 36.7 cm³/mol. The molecule has 0 aliphatic heterocycles. The van der Waals surface area contributed by atoms with Crippen molar-refractivity contribution in [1.82, 2.24) is 15.0 Å². The van der Waals surface area contributed by atoms with E-state index in [9.17, 15) is 14.4 Å². The van der Waals surface area contributed by atoms with E-state index in [0.717, 1.165) is 0 Å². The van der Waals surface area contributed by atoms with Crippen LogP contribution < -0.4 is 28.8 Å². The number of hydrazine groups is 1. The van der Waals surface area contributed by atoms with Gasteiger partial charge in [0, 0.05) is 0 Å². The zero-order valence-electron chi connectivity index (χ0n) is 5.38. The van der Waals surface area contributed by atoms with Crippen molar-refractivity contribution in [3.63, 3.8) is 0 Å². The molecule has 0 fully saturated rings. The van der Waals surface area contributed by atoms with E-state index in [1.54, 1.807) is 15.0 Å². The third kappa shape index (κ3) is 3.13. The standard InChI is InChI=1S/C3H3N3O3.H4N2/c7-1-4-2(8)6-3(9)5-1;1-2/h(H3,4,5,6,7,8,9);1-2H2. The predicted octanol–water partition coefficient (Wildman–Crippen LogP) is -3.43. The lowest BCUT2D eigenvalue weighted by Crippen LogP contribution is -2.34. The molecule has 1 aromatic heterocycles. The molecule has 1 aromatic rings. The molecule has 0 bridgehead atoms. The second-order valence-corrected chi connectivity index (χ2v) is 1.36. The molecule has 8 nitrogen and oxygen atoms in total. The van der Waals surface area contributed by atoms with Gasteiger partial charge in [0.1, 0.15) is 0 Å². The fraction of sp³-hybridized carbons (Fsp3) is 0. The molecule has 0 aliphatic rings. The highest BCUT2D eigenvalue weighted by Gasteiger charge is 1.84. The Hall–Kier alpha value is -1.67. The number of H-pyrrole nitrogens is 3. The molecule has 7 N–H and O–H groups in total. The summed E-state index contributed by atoms with van der Waals surface area (Å²) >= 11 is 0. The molecule has 0 amide bonds. The Morgan fingerprint density at radius 3 is 1.09 bits per heavy atom. The van der Waals surface area contributed by atoms with E-state index in [0.29, 0.717) is 0 Å². The van der Waals surface area contributed by atoms with Gasteiger partial charge in [-0.25, -0.2) is 14.4 Å². The lowest BCUT2D eigenvalue weighted by Gasteiger charge is -1.77.